The molecule has 2 aromatic rings. The van der Waals surface area contributed by atoms with E-state index in [-0.39, 0.29) is 0 Å². The Labute approximate surface area is 151 Å². The van der Waals surface area contributed by atoms with Crippen LogP contribution in [0.15, 0.2) is 29.0 Å². The van der Waals surface area contributed by atoms with E-state index in [9.17, 15) is 9.59 Å². The maximum atomic E-state index is 12.7. The van der Waals surface area contributed by atoms with Crippen LogP contribution < -0.4 is 5.32 Å². The van der Waals surface area contributed by atoms with E-state index in [1.807, 2.05) is 6.26 Å². The number of halogens is 1. The van der Waals surface area contributed by atoms with Crippen molar-refractivity contribution >= 4 is 39.6 Å². The number of nitrogens with one attached hydrogen (secondary N) is 1. The van der Waals surface area contributed by atoms with Gasteiger partial charge in [-0.3, -0.25) is 4.79 Å². The van der Waals surface area contributed by atoms with E-state index in [4.69, 9.17) is 4.74 Å². The predicted molar refractivity (Wildman–Crippen MR) is 93.1 cm³/mol. The molecule has 0 bridgehead atoms. The molecule has 0 saturated heterocycles. The van der Waals surface area contributed by atoms with Crippen LogP contribution in [0.1, 0.15) is 16.8 Å². The van der Waals surface area contributed by atoms with E-state index < -0.39 is 17.9 Å². The molecule has 2 rings (SSSR count). The van der Waals surface area contributed by atoms with Crippen LogP contribution in [0.4, 0.5) is 0 Å². The quantitative estimate of drug-likeness (QED) is 0.685. The van der Waals surface area contributed by atoms with E-state index in [2.05, 4.69) is 36.8 Å². The first-order chi connectivity index (χ1) is 11.6. The molecule has 0 saturated carbocycles. The fourth-order valence-corrected chi connectivity index (χ4v) is 2.86. The zero-order valence-corrected chi connectivity index (χ0v) is 15.5. The number of carbonyl (C=O) groups excluding carboxylic acids is 2. The summed E-state index contributed by atoms with van der Waals surface area (Å²) in [5.41, 5.74) is 0.851. The van der Waals surface area contributed by atoms with Crippen LogP contribution in [0.3, 0.4) is 0 Å². The number of thioether (sulfide) groups is 1. The molecule has 0 fully saturated rings. The molecule has 1 aromatic heterocycles. The Morgan fingerprint density at radius 3 is 2.88 bits per heavy atom. The Bertz CT molecular complexity index is 710. The second-order valence-electron chi connectivity index (χ2n) is 4.75. The minimum absolute atomic E-state index is 0.342. The molecule has 1 amide bonds. The number of carbonyl (C=O) groups is 2. The summed E-state index contributed by atoms with van der Waals surface area (Å²) in [5.74, 6) is -0.159. The summed E-state index contributed by atoms with van der Waals surface area (Å²) in [6.45, 7) is 0. The lowest BCUT2D eigenvalue weighted by atomic mass is 10.1. The van der Waals surface area contributed by atoms with Crippen LogP contribution in [0, 0.1) is 0 Å². The minimum atomic E-state index is -0.712. The first kappa shape index (κ1) is 18.4. The smallest absolute Gasteiger partial charge is 0.328 e. The summed E-state index contributed by atoms with van der Waals surface area (Å²) in [4.78, 5) is 24.6. The molecule has 8 nitrogen and oxygen atoms in total. The van der Waals surface area contributed by atoms with E-state index in [1.54, 1.807) is 30.0 Å². The average Bonchev–Trinajstić information content (AvgIpc) is 3.11. The number of methoxy groups -OCH3 is 1. The molecule has 24 heavy (non-hydrogen) atoms. The molecule has 0 radical (unpaired) electrons. The fourth-order valence-electron chi connectivity index (χ4n) is 2.02. The van der Waals surface area contributed by atoms with Gasteiger partial charge in [0.2, 0.25) is 0 Å². The molecule has 10 heteroatoms. The molecule has 128 valence electrons. The van der Waals surface area contributed by atoms with Crippen molar-refractivity contribution in [2.75, 3.05) is 19.1 Å². The molecular weight excluding hydrogens is 398 g/mol. The first-order valence-corrected chi connectivity index (χ1v) is 9.16. The van der Waals surface area contributed by atoms with Crippen LogP contribution in [0.25, 0.3) is 5.69 Å². The topological polar surface area (TPSA) is 99.0 Å². The van der Waals surface area contributed by atoms with Crippen molar-refractivity contribution in [2.24, 2.45) is 0 Å². The van der Waals surface area contributed by atoms with Gasteiger partial charge in [-0.2, -0.15) is 16.4 Å². The Balaban J connectivity index is 2.28. The summed E-state index contributed by atoms with van der Waals surface area (Å²) >= 11 is 4.93. The highest BCUT2D eigenvalue weighted by Crippen LogP contribution is 2.20. The molecule has 1 heterocycles. The Kier molecular flexibility index (Phi) is 6.73. The van der Waals surface area contributed by atoms with Crippen molar-refractivity contribution in [3.63, 3.8) is 0 Å². The van der Waals surface area contributed by atoms with Gasteiger partial charge in [-0.15, -0.1) is 5.10 Å². The van der Waals surface area contributed by atoms with Gasteiger partial charge in [0.05, 0.1) is 18.4 Å². The molecule has 1 N–H and O–H groups in total. The zero-order valence-electron chi connectivity index (χ0n) is 13.1. The third-order valence-electron chi connectivity index (χ3n) is 3.20. The van der Waals surface area contributed by atoms with Gasteiger partial charge < -0.3 is 10.1 Å². The van der Waals surface area contributed by atoms with E-state index in [1.165, 1.54) is 18.1 Å². The second kappa shape index (κ2) is 8.78. The van der Waals surface area contributed by atoms with Crippen LogP contribution in [0.5, 0.6) is 0 Å². The van der Waals surface area contributed by atoms with Crippen LogP contribution in [-0.4, -0.2) is 57.2 Å². The summed E-state index contributed by atoms with van der Waals surface area (Å²) in [6.07, 6.45) is 3.81. The van der Waals surface area contributed by atoms with Gasteiger partial charge in [0, 0.05) is 4.47 Å². The number of rotatable bonds is 7. The molecular formula is C14H16BrN5O3S. The SMILES string of the molecule is COC(=O)[C@H](CCSC)NC(=O)c1cc(Br)ccc1-n1cnnn1. The third kappa shape index (κ3) is 4.54. The standard InChI is InChI=1S/C14H16BrN5O3S/c1-23-14(22)11(5-6-24-2)17-13(21)10-7-9(15)3-4-12(10)20-8-16-18-19-20/h3-4,7-8,11H,5-6H2,1-2H3,(H,17,21)/t11-/m0/s1. The number of esters is 1. The van der Waals surface area contributed by atoms with Gasteiger partial charge in [-0.25, -0.2) is 4.79 Å². The van der Waals surface area contributed by atoms with Gasteiger partial charge in [-0.05, 0) is 47.1 Å². The number of aromatic nitrogens is 4. The van der Waals surface area contributed by atoms with Crippen molar-refractivity contribution < 1.29 is 14.3 Å². The largest absolute Gasteiger partial charge is 0.467 e. The van der Waals surface area contributed by atoms with Crippen LogP contribution in [0.2, 0.25) is 0 Å². The number of amides is 1. The monoisotopic (exact) mass is 413 g/mol. The maximum Gasteiger partial charge on any atom is 0.328 e. The average molecular weight is 414 g/mol. The lowest BCUT2D eigenvalue weighted by Gasteiger charge is -2.17. The lowest BCUT2D eigenvalue weighted by Crippen LogP contribution is -2.42. The summed E-state index contributed by atoms with van der Waals surface area (Å²) in [5, 5.41) is 13.7. The number of hydrogen-bond donors (Lipinski definition) is 1. The summed E-state index contributed by atoms with van der Waals surface area (Å²) in [6, 6.07) is 4.43. The molecule has 1 aromatic carbocycles. The molecule has 0 unspecified atom stereocenters. The molecule has 0 spiro atoms. The molecule has 0 aliphatic rings. The minimum Gasteiger partial charge on any atom is -0.467 e. The van der Waals surface area contributed by atoms with Crippen molar-refractivity contribution in [3.8, 4) is 5.69 Å². The van der Waals surface area contributed by atoms with Gasteiger partial charge in [-0.1, -0.05) is 15.9 Å². The highest BCUT2D eigenvalue weighted by atomic mass is 79.9. The highest BCUT2D eigenvalue weighted by molar-refractivity contribution is 9.10. The first-order valence-electron chi connectivity index (χ1n) is 6.97. The summed E-state index contributed by atoms with van der Waals surface area (Å²) in [7, 11) is 1.30. The fraction of sp³-hybridized carbons (Fsp3) is 0.357. The van der Waals surface area contributed by atoms with Crippen molar-refractivity contribution in [1.29, 1.82) is 0 Å². The Morgan fingerprint density at radius 1 is 1.46 bits per heavy atom. The predicted octanol–water partition coefficient (Wildman–Crippen LogP) is 1.45. The van der Waals surface area contributed by atoms with E-state index in [0.29, 0.717) is 17.7 Å². The molecule has 1 atom stereocenters. The maximum absolute atomic E-state index is 12.7. The van der Waals surface area contributed by atoms with Gasteiger partial charge in [0.25, 0.3) is 5.91 Å². The van der Waals surface area contributed by atoms with Crippen molar-refractivity contribution in [3.05, 3.63) is 34.6 Å². The Morgan fingerprint density at radius 2 is 2.25 bits per heavy atom. The van der Waals surface area contributed by atoms with Crippen molar-refractivity contribution in [1.82, 2.24) is 25.5 Å². The van der Waals surface area contributed by atoms with Gasteiger partial charge in [0.15, 0.2) is 0 Å². The molecule has 0 aliphatic carbocycles. The number of benzene rings is 1. The second-order valence-corrected chi connectivity index (χ2v) is 6.65. The van der Waals surface area contributed by atoms with Crippen LogP contribution >= 0.6 is 27.7 Å². The number of tetrazole rings is 1. The number of hydrogen-bond acceptors (Lipinski definition) is 7. The Hall–Kier alpha value is -1.94. The zero-order chi connectivity index (χ0) is 17.5. The molecule has 0 aliphatic heterocycles. The van der Waals surface area contributed by atoms with Gasteiger partial charge in [0.1, 0.15) is 12.4 Å². The van der Waals surface area contributed by atoms with E-state index in [0.717, 1.165) is 10.2 Å². The van der Waals surface area contributed by atoms with E-state index >= 15 is 0 Å². The summed E-state index contributed by atoms with van der Waals surface area (Å²) < 4.78 is 6.87. The van der Waals surface area contributed by atoms with Gasteiger partial charge >= 0.3 is 5.97 Å². The highest BCUT2D eigenvalue weighted by Gasteiger charge is 2.23. The van der Waals surface area contributed by atoms with Crippen molar-refractivity contribution in [2.45, 2.75) is 12.5 Å². The number of ether oxygens (including phenoxy) is 1. The third-order valence-corrected chi connectivity index (χ3v) is 4.34. The lowest BCUT2D eigenvalue weighted by molar-refractivity contribution is -0.142. The van der Waals surface area contributed by atoms with Crippen LogP contribution in [-0.2, 0) is 9.53 Å². The normalized spacial score (nSPS) is 11.8. The number of nitrogens with zero attached hydrogens (tertiary/aromatic N) is 4.